The fourth-order valence-electron chi connectivity index (χ4n) is 3.46. The number of amides is 1. The first kappa shape index (κ1) is 19.7. The number of carbonyl (C=O) groups excluding carboxylic acids is 1. The van der Waals surface area contributed by atoms with E-state index >= 15 is 0 Å². The zero-order valence-corrected chi connectivity index (χ0v) is 15.8. The standard InChI is InChI=1S/C21H26N4O3/c26-21(13-14-22-19-7-3-4-8-20(19)25(27)28)24-18-11-9-17(10-12-18)23-15-16-5-1-2-6-16/h3-4,7-12,16,22-23H,1-2,5-6,13-15H2,(H,24,26). The van der Waals surface area contributed by atoms with Crippen LogP contribution in [0, 0.1) is 16.0 Å². The van der Waals surface area contributed by atoms with Crippen molar-refractivity contribution >= 4 is 28.7 Å². The van der Waals surface area contributed by atoms with Gasteiger partial charge in [0.05, 0.1) is 4.92 Å². The Hall–Kier alpha value is -3.09. The third-order valence-electron chi connectivity index (χ3n) is 5.01. The van der Waals surface area contributed by atoms with E-state index in [1.165, 1.54) is 31.7 Å². The van der Waals surface area contributed by atoms with Crippen LogP contribution in [-0.2, 0) is 4.79 Å². The summed E-state index contributed by atoms with van der Waals surface area (Å²) in [5.74, 6) is 0.630. The Bertz CT molecular complexity index is 802. The first-order chi connectivity index (χ1) is 13.6. The van der Waals surface area contributed by atoms with E-state index in [-0.39, 0.29) is 18.0 Å². The Morgan fingerprint density at radius 1 is 1.00 bits per heavy atom. The maximum Gasteiger partial charge on any atom is 0.292 e. The molecular formula is C21H26N4O3. The lowest BCUT2D eigenvalue weighted by Crippen LogP contribution is -2.16. The van der Waals surface area contributed by atoms with Gasteiger partial charge in [-0.3, -0.25) is 14.9 Å². The topological polar surface area (TPSA) is 96.3 Å². The van der Waals surface area contributed by atoms with Crippen LogP contribution < -0.4 is 16.0 Å². The minimum absolute atomic E-state index is 0.00333. The molecule has 3 N–H and O–H groups in total. The largest absolute Gasteiger partial charge is 0.385 e. The van der Waals surface area contributed by atoms with Gasteiger partial charge < -0.3 is 16.0 Å². The van der Waals surface area contributed by atoms with Gasteiger partial charge in [-0.15, -0.1) is 0 Å². The van der Waals surface area contributed by atoms with E-state index in [4.69, 9.17) is 0 Å². The number of nitro groups is 1. The highest BCUT2D eigenvalue weighted by Crippen LogP contribution is 2.25. The highest BCUT2D eigenvalue weighted by Gasteiger charge is 2.14. The van der Waals surface area contributed by atoms with Crippen molar-refractivity contribution in [1.82, 2.24) is 0 Å². The van der Waals surface area contributed by atoms with Crippen molar-refractivity contribution < 1.29 is 9.72 Å². The molecule has 28 heavy (non-hydrogen) atoms. The zero-order chi connectivity index (χ0) is 19.8. The molecule has 1 aliphatic rings. The molecule has 0 unspecified atom stereocenters. The summed E-state index contributed by atoms with van der Waals surface area (Å²) < 4.78 is 0. The normalized spacial score (nSPS) is 13.9. The Balaban J connectivity index is 1.41. The molecule has 0 aromatic heterocycles. The van der Waals surface area contributed by atoms with Gasteiger partial charge in [0.1, 0.15) is 5.69 Å². The van der Waals surface area contributed by atoms with E-state index < -0.39 is 4.92 Å². The molecule has 1 saturated carbocycles. The third kappa shape index (κ3) is 5.70. The van der Waals surface area contributed by atoms with Crippen molar-refractivity contribution in [3.63, 3.8) is 0 Å². The monoisotopic (exact) mass is 382 g/mol. The van der Waals surface area contributed by atoms with E-state index in [1.54, 1.807) is 18.2 Å². The third-order valence-corrected chi connectivity index (χ3v) is 5.01. The molecule has 0 spiro atoms. The van der Waals surface area contributed by atoms with E-state index in [1.807, 2.05) is 24.3 Å². The summed E-state index contributed by atoms with van der Waals surface area (Å²) in [5.41, 5.74) is 2.21. The Morgan fingerprint density at radius 3 is 2.39 bits per heavy atom. The number of nitro benzene ring substituents is 1. The van der Waals surface area contributed by atoms with Crippen molar-refractivity contribution in [3.05, 3.63) is 58.6 Å². The lowest BCUT2D eigenvalue weighted by Gasteiger charge is -2.12. The number of anilines is 3. The number of para-hydroxylation sites is 2. The van der Waals surface area contributed by atoms with Crippen LogP contribution in [0.1, 0.15) is 32.1 Å². The average Bonchev–Trinajstić information content (AvgIpc) is 3.21. The van der Waals surface area contributed by atoms with Crippen molar-refractivity contribution in [2.75, 3.05) is 29.0 Å². The molecule has 3 rings (SSSR count). The van der Waals surface area contributed by atoms with Crippen LogP contribution in [0.3, 0.4) is 0 Å². The maximum absolute atomic E-state index is 12.1. The van der Waals surface area contributed by atoms with Gasteiger partial charge in [0, 0.05) is 37.0 Å². The fraction of sp³-hybridized carbons (Fsp3) is 0.381. The van der Waals surface area contributed by atoms with E-state index in [2.05, 4.69) is 16.0 Å². The van der Waals surface area contributed by atoms with Crippen molar-refractivity contribution in [3.8, 4) is 0 Å². The Kier molecular flexibility index (Phi) is 6.84. The van der Waals surface area contributed by atoms with Crippen LogP contribution in [0.2, 0.25) is 0 Å². The molecule has 1 amide bonds. The number of benzene rings is 2. The molecule has 0 heterocycles. The molecule has 0 saturated heterocycles. The number of nitrogens with zero attached hydrogens (tertiary/aromatic N) is 1. The fourth-order valence-corrected chi connectivity index (χ4v) is 3.46. The first-order valence-corrected chi connectivity index (χ1v) is 9.73. The summed E-state index contributed by atoms with van der Waals surface area (Å²) in [7, 11) is 0. The SMILES string of the molecule is O=C(CCNc1ccccc1[N+](=O)[O-])Nc1ccc(NCC2CCCC2)cc1. The van der Waals surface area contributed by atoms with Crippen LogP contribution >= 0.6 is 0 Å². The number of carbonyl (C=O) groups is 1. The number of rotatable bonds is 9. The molecule has 0 radical (unpaired) electrons. The average molecular weight is 382 g/mol. The van der Waals surface area contributed by atoms with Crippen LogP contribution in [-0.4, -0.2) is 23.9 Å². The maximum atomic E-state index is 12.1. The van der Waals surface area contributed by atoms with Crippen molar-refractivity contribution in [1.29, 1.82) is 0 Å². The second-order valence-corrected chi connectivity index (χ2v) is 7.11. The molecule has 7 heteroatoms. The van der Waals surface area contributed by atoms with E-state index in [0.717, 1.165) is 23.8 Å². The van der Waals surface area contributed by atoms with Crippen LogP contribution in [0.15, 0.2) is 48.5 Å². The predicted molar refractivity (Wildman–Crippen MR) is 112 cm³/mol. The highest BCUT2D eigenvalue weighted by molar-refractivity contribution is 5.91. The summed E-state index contributed by atoms with van der Waals surface area (Å²) in [6, 6.07) is 14.1. The predicted octanol–water partition coefficient (Wildman–Crippen LogP) is 4.64. The van der Waals surface area contributed by atoms with E-state index in [9.17, 15) is 14.9 Å². The molecule has 7 nitrogen and oxygen atoms in total. The minimum Gasteiger partial charge on any atom is -0.385 e. The second-order valence-electron chi connectivity index (χ2n) is 7.11. The molecule has 1 aliphatic carbocycles. The van der Waals surface area contributed by atoms with Crippen molar-refractivity contribution in [2.45, 2.75) is 32.1 Å². The summed E-state index contributed by atoms with van der Waals surface area (Å²) in [5, 5.41) is 20.2. The Morgan fingerprint density at radius 2 is 1.68 bits per heavy atom. The second kappa shape index (κ2) is 9.73. The molecule has 1 fully saturated rings. The molecule has 148 valence electrons. The summed E-state index contributed by atoms with van der Waals surface area (Å²) >= 11 is 0. The van der Waals surface area contributed by atoms with Crippen LogP contribution in [0.25, 0.3) is 0 Å². The highest BCUT2D eigenvalue weighted by atomic mass is 16.6. The van der Waals surface area contributed by atoms with Gasteiger partial charge in [0.15, 0.2) is 0 Å². The molecule has 0 atom stereocenters. The number of hydrogen-bond acceptors (Lipinski definition) is 5. The summed E-state index contributed by atoms with van der Waals surface area (Å²) in [4.78, 5) is 22.7. The minimum atomic E-state index is -0.440. The number of nitrogens with one attached hydrogen (secondary N) is 3. The van der Waals surface area contributed by atoms with E-state index in [0.29, 0.717) is 12.2 Å². The van der Waals surface area contributed by atoms with Gasteiger partial charge >= 0.3 is 0 Å². The lowest BCUT2D eigenvalue weighted by atomic mass is 10.1. The summed E-state index contributed by atoms with van der Waals surface area (Å²) in [6.07, 6.45) is 5.50. The van der Waals surface area contributed by atoms with Crippen LogP contribution in [0.4, 0.5) is 22.7 Å². The Labute approximate surface area is 164 Å². The van der Waals surface area contributed by atoms with Gasteiger partial charge in [-0.25, -0.2) is 0 Å². The van der Waals surface area contributed by atoms with Gasteiger partial charge in [-0.05, 0) is 49.1 Å². The van der Waals surface area contributed by atoms with Gasteiger partial charge in [-0.2, -0.15) is 0 Å². The molecule has 2 aromatic carbocycles. The lowest BCUT2D eigenvalue weighted by molar-refractivity contribution is -0.384. The smallest absolute Gasteiger partial charge is 0.292 e. The van der Waals surface area contributed by atoms with Gasteiger partial charge in [-0.1, -0.05) is 25.0 Å². The summed E-state index contributed by atoms with van der Waals surface area (Å²) in [6.45, 7) is 1.32. The zero-order valence-electron chi connectivity index (χ0n) is 15.8. The molecular weight excluding hydrogens is 356 g/mol. The van der Waals surface area contributed by atoms with Crippen LogP contribution in [0.5, 0.6) is 0 Å². The quantitative estimate of drug-likeness (QED) is 0.434. The molecule has 0 bridgehead atoms. The molecule has 0 aliphatic heterocycles. The van der Waals surface area contributed by atoms with Gasteiger partial charge in [0.2, 0.25) is 5.91 Å². The van der Waals surface area contributed by atoms with Gasteiger partial charge in [0.25, 0.3) is 5.69 Å². The number of hydrogen-bond donors (Lipinski definition) is 3. The molecule has 2 aromatic rings. The first-order valence-electron chi connectivity index (χ1n) is 9.73. The van der Waals surface area contributed by atoms with Crippen molar-refractivity contribution in [2.24, 2.45) is 5.92 Å².